The summed E-state index contributed by atoms with van der Waals surface area (Å²) in [6.45, 7) is 1.22. The SMILES string of the molecule is C[C@]1(c2cc(NC(=O)c3ccc(C(F)F)cn3)ccc2F)NC(=NC2CCC2)OC[C@@H]1F. The second-order valence-corrected chi connectivity index (χ2v) is 8.05. The van der Waals surface area contributed by atoms with Gasteiger partial charge in [0, 0.05) is 23.0 Å². The molecule has 2 fully saturated rings. The Morgan fingerprint density at radius 2 is 2.09 bits per heavy atom. The standard InChI is InChI=1S/C22H22F4N4O2/c1-22(18(24)11-32-21(30-22)29-13-3-2-4-13)15-9-14(6-7-16(15)23)28-20(31)17-8-5-12(10-27-17)19(25)26/h5-10,13,18-19H,2-4,11H2,1H3,(H,28,31)(H,29,30)/t18-,22+/m0/s1. The molecule has 1 aliphatic carbocycles. The number of hydrogen-bond donors (Lipinski definition) is 2. The summed E-state index contributed by atoms with van der Waals surface area (Å²) in [6.07, 6.45) is -0.441. The lowest BCUT2D eigenvalue weighted by molar-refractivity contribution is 0.0619. The molecule has 2 aliphatic rings. The lowest BCUT2D eigenvalue weighted by Crippen LogP contribution is -2.57. The van der Waals surface area contributed by atoms with Crippen LogP contribution in [-0.4, -0.2) is 35.7 Å². The maximum absolute atomic E-state index is 14.9. The zero-order valence-electron chi connectivity index (χ0n) is 17.2. The summed E-state index contributed by atoms with van der Waals surface area (Å²) in [4.78, 5) is 20.6. The molecular formula is C22H22F4N4O2. The van der Waals surface area contributed by atoms with E-state index in [2.05, 4.69) is 20.6 Å². The second-order valence-electron chi connectivity index (χ2n) is 8.05. The average molecular weight is 450 g/mol. The summed E-state index contributed by atoms with van der Waals surface area (Å²) in [7, 11) is 0. The van der Waals surface area contributed by atoms with Gasteiger partial charge in [0.25, 0.3) is 18.4 Å². The number of halogens is 4. The van der Waals surface area contributed by atoms with Crippen molar-refractivity contribution in [2.75, 3.05) is 11.9 Å². The summed E-state index contributed by atoms with van der Waals surface area (Å²) < 4.78 is 60.3. The van der Waals surface area contributed by atoms with E-state index in [0.29, 0.717) is 0 Å². The van der Waals surface area contributed by atoms with Gasteiger partial charge in [-0.2, -0.15) is 0 Å². The molecule has 4 rings (SSSR count). The topological polar surface area (TPSA) is 75.6 Å². The fraction of sp³-hybridized carbons (Fsp3) is 0.409. The van der Waals surface area contributed by atoms with Crippen LogP contribution in [0.4, 0.5) is 23.2 Å². The van der Waals surface area contributed by atoms with Crippen LogP contribution < -0.4 is 10.6 Å². The molecule has 2 N–H and O–H groups in total. The van der Waals surface area contributed by atoms with E-state index in [1.165, 1.54) is 25.1 Å². The summed E-state index contributed by atoms with van der Waals surface area (Å²) in [5.74, 6) is -1.33. The first-order valence-corrected chi connectivity index (χ1v) is 10.2. The molecule has 2 heterocycles. The Morgan fingerprint density at radius 1 is 1.31 bits per heavy atom. The lowest BCUT2D eigenvalue weighted by Gasteiger charge is -2.40. The van der Waals surface area contributed by atoms with Gasteiger partial charge in [-0.1, -0.05) is 0 Å². The highest BCUT2D eigenvalue weighted by Crippen LogP contribution is 2.34. The van der Waals surface area contributed by atoms with Crippen LogP contribution in [0.3, 0.4) is 0 Å². The summed E-state index contributed by atoms with van der Waals surface area (Å²) >= 11 is 0. The molecule has 2 aromatic rings. The molecule has 0 bridgehead atoms. The third-order valence-electron chi connectivity index (χ3n) is 5.79. The van der Waals surface area contributed by atoms with Crippen LogP contribution in [0, 0.1) is 5.82 Å². The van der Waals surface area contributed by atoms with Crippen molar-refractivity contribution in [1.29, 1.82) is 0 Å². The van der Waals surface area contributed by atoms with Crippen LogP contribution in [0.2, 0.25) is 0 Å². The molecule has 170 valence electrons. The van der Waals surface area contributed by atoms with Crippen molar-refractivity contribution >= 4 is 17.6 Å². The van der Waals surface area contributed by atoms with Gasteiger partial charge in [-0.05, 0) is 56.5 Å². The van der Waals surface area contributed by atoms with Crippen molar-refractivity contribution in [2.24, 2.45) is 4.99 Å². The average Bonchev–Trinajstić information content (AvgIpc) is 2.74. The zero-order chi connectivity index (χ0) is 22.9. The maximum atomic E-state index is 14.9. The minimum Gasteiger partial charge on any atom is -0.462 e. The van der Waals surface area contributed by atoms with Gasteiger partial charge < -0.3 is 15.4 Å². The first-order valence-electron chi connectivity index (χ1n) is 10.2. The summed E-state index contributed by atoms with van der Waals surface area (Å²) in [5, 5.41) is 5.42. The number of carbonyl (C=O) groups excluding carboxylic acids is 1. The lowest BCUT2D eigenvalue weighted by atomic mass is 9.86. The molecule has 1 aromatic carbocycles. The predicted molar refractivity (Wildman–Crippen MR) is 110 cm³/mol. The Hall–Kier alpha value is -3.17. The van der Waals surface area contributed by atoms with E-state index >= 15 is 0 Å². The Kier molecular flexibility index (Phi) is 6.03. The Labute approximate surface area is 182 Å². The van der Waals surface area contributed by atoms with E-state index in [9.17, 15) is 22.4 Å². The zero-order valence-corrected chi connectivity index (χ0v) is 17.2. The van der Waals surface area contributed by atoms with E-state index in [0.717, 1.165) is 37.6 Å². The van der Waals surface area contributed by atoms with Crippen molar-refractivity contribution in [3.63, 3.8) is 0 Å². The molecule has 0 unspecified atom stereocenters. The van der Waals surface area contributed by atoms with Crippen molar-refractivity contribution in [3.05, 3.63) is 59.2 Å². The number of carbonyl (C=O) groups is 1. The summed E-state index contributed by atoms with van der Waals surface area (Å²) in [6, 6.07) is 6.32. The fourth-order valence-electron chi connectivity index (χ4n) is 3.51. The number of amides is 1. The third kappa shape index (κ3) is 4.39. The number of rotatable bonds is 5. The number of alkyl halides is 3. The van der Waals surface area contributed by atoms with Crippen LogP contribution in [0.1, 0.15) is 54.2 Å². The predicted octanol–water partition coefficient (Wildman–Crippen LogP) is 4.49. The first kappa shape index (κ1) is 22.0. The molecule has 0 spiro atoms. The number of hydrogen-bond acceptors (Lipinski definition) is 4. The smallest absolute Gasteiger partial charge is 0.285 e. The largest absolute Gasteiger partial charge is 0.462 e. The monoisotopic (exact) mass is 450 g/mol. The van der Waals surface area contributed by atoms with Crippen molar-refractivity contribution in [3.8, 4) is 0 Å². The van der Waals surface area contributed by atoms with Gasteiger partial charge in [-0.25, -0.2) is 22.6 Å². The van der Waals surface area contributed by atoms with Gasteiger partial charge in [0.15, 0.2) is 6.17 Å². The number of aliphatic imine (C=N–C) groups is 1. The van der Waals surface area contributed by atoms with Crippen LogP contribution in [0.5, 0.6) is 0 Å². The number of aromatic nitrogens is 1. The molecule has 6 nitrogen and oxygen atoms in total. The molecule has 0 radical (unpaired) electrons. The van der Waals surface area contributed by atoms with Crippen LogP contribution in [-0.2, 0) is 10.3 Å². The number of anilines is 1. The maximum Gasteiger partial charge on any atom is 0.285 e. The normalized spacial score (nSPS) is 24.6. The number of nitrogens with zero attached hydrogens (tertiary/aromatic N) is 2. The Balaban J connectivity index is 1.56. The molecule has 10 heteroatoms. The van der Waals surface area contributed by atoms with E-state index < -0.39 is 29.9 Å². The minimum atomic E-state index is -2.70. The molecule has 1 saturated heterocycles. The molecule has 32 heavy (non-hydrogen) atoms. The number of pyridine rings is 1. The van der Waals surface area contributed by atoms with Crippen LogP contribution >= 0.6 is 0 Å². The first-order chi connectivity index (χ1) is 15.3. The molecule has 1 saturated carbocycles. The Bertz CT molecular complexity index is 1030. The van der Waals surface area contributed by atoms with Crippen LogP contribution in [0.15, 0.2) is 41.5 Å². The molecule has 1 aliphatic heterocycles. The van der Waals surface area contributed by atoms with Crippen molar-refractivity contribution in [2.45, 2.75) is 50.4 Å². The third-order valence-corrected chi connectivity index (χ3v) is 5.79. The van der Waals surface area contributed by atoms with E-state index in [4.69, 9.17) is 4.74 Å². The van der Waals surface area contributed by atoms with Gasteiger partial charge in [0.05, 0.1) is 6.04 Å². The van der Waals surface area contributed by atoms with Crippen LogP contribution in [0.25, 0.3) is 0 Å². The highest BCUT2D eigenvalue weighted by molar-refractivity contribution is 6.02. The van der Waals surface area contributed by atoms with Gasteiger partial charge in [-0.3, -0.25) is 9.78 Å². The fourth-order valence-corrected chi connectivity index (χ4v) is 3.51. The molecule has 2 atom stereocenters. The number of benzene rings is 1. The highest BCUT2D eigenvalue weighted by Gasteiger charge is 2.44. The minimum absolute atomic E-state index is 0.00610. The van der Waals surface area contributed by atoms with E-state index in [-0.39, 0.29) is 41.2 Å². The van der Waals surface area contributed by atoms with Gasteiger partial charge in [0.2, 0.25) is 0 Å². The molecule has 1 aromatic heterocycles. The quantitative estimate of drug-likeness (QED) is 0.659. The second kappa shape index (κ2) is 8.76. The van der Waals surface area contributed by atoms with Gasteiger partial charge in [-0.15, -0.1) is 0 Å². The number of nitrogens with one attached hydrogen (secondary N) is 2. The highest BCUT2D eigenvalue weighted by atomic mass is 19.3. The van der Waals surface area contributed by atoms with Gasteiger partial charge in [0.1, 0.15) is 23.7 Å². The molecule has 1 amide bonds. The molecular weight excluding hydrogens is 428 g/mol. The Morgan fingerprint density at radius 3 is 2.72 bits per heavy atom. The number of amidine groups is 1. The van der Waals surface area contributed by atoms with E-state index in [1.54, 1.807) is 0 Å². The van der Waals surface area contributed by atoms with E-state index in [1.807, 2.05) is 0 Å². The van der Waals surface area contributed by atoms with Crippen molar-refractivity contribution < 1.29 is 27.1 Å². The number of ether oxygens (including phenoxy) is 1. The van der Waals surface area contributed by atoms with Gasteiger partial charge >= 0.3 is 0 Å². The van der Waals surface area contributed by atoms with Crippen molar-refractivity contribution in [1.82, 2.24) is 10.3 Å². The summed E-state index contributed by atoms with van der Waals surface area (Å²) in [5.41, 5.74) is -1.67.